The zero-order valence-corrected chi connectivity index (χ0v) is 12.3. The second-order valence-corrected chi connectivity index (χ2v) is 5.27. The van der Waals surface area contributed by atoms with Crippen LogP contribution in [0.5, 0.6) is 0 Å². The molecule has 0 aromatic carbocycles. The first-order valence-corrected chi connectivity index (χ1v) is 7.36. The number of H-pyrrole nitrogens is 1. The van der Waals surface area contributed by atoms with Crippen LogP contribution in [0.3, 0.4) is 0 Å². The molecule has 1 rings (SSSR count). The normalized spacial score (nSPS) is 11.9. The van der Waals surface area contributed by atoms with Crippen molar-refractivity contribution in [3.63, 3.8) is 0 Å². The fourth-order valence-corrected chi connectivity index (χ4v) is 2.09. The van der Waals surface area contributed by atoms with Crippen molar-refractivity contribution in [1.29, 1.82) is 0 Å². The number of aryl methyl sites for hydroxylation is 1. The summed E-state index contributed by atoms with van der Waals surface area (Å²) in [5.74, 6) is -1.21. The molecule has 8 heteroatoms. The van der Waals surface area contributed by atoms with Gasteiger partial charge in [0.2, 0.25) is 0 Å². The van der Waals surface area contributed by atoms with Crippen LogP contribution in [0.2, 0.25) is 0 Å². The van der Waals surface area contributed by atoms with Crippen LogP contribution in [0.15, 0.2) is 4.79 Å². The standard InChI is InChI=1S/C12H17N3O4S/c1-6-7(2)14-15-11(17)9(6)10(16)13-8(12(18)19)4-5-20-3/h8H,4-5H2,1-3H3,(H,13,16)(H,15,17)(H,18,19)/t8-/m1/s1. The van der Waals surface area contributed by atoms with Gasteiger partial charge in [-0.15, -0.1) is 0 Å². The van der Waals surface area contributed by atoms with E-state index in [0.29, 0.717) is 23.4 Å². The summed E-state index contributed by atoms with van der Waals surface area (Å²) in [5.41, 5.74) is 0.249. The molecule has 0 unspecified atom stereocenters. The van der Waals surface area contributed by atoms with Crippen LogP contribution in [0, 0.1) is 13.8 Å². The zero-order chi connectivity index (χ0) is 15.3. The number of aromatic amines is 1. The van der Waals surface area contributed by atoms with Crippen molar-refractivity contribution >= 4 is 23.6 Å². The molecule has 20 heavy (non-hydrogen) atoms. The molecule has 1 aromatic rings. The lowest BCUT2D eigenvalue weighted by Crippen LogP contribution is -2.43. The molecule has 110 valence electrons. The number of carboxylic acid groups (broad SMARTS) is 1. The SMILES string of the molecule is CSCC[C@@H](NC(=O)c1c(C)c(C)n[nH]c1=O)C(=O)O. The molecule has 0 radical (unpaired) electrons. The maximum Gasteiger partial charge on any atom is 0.326 e. The summed E-state index contributed by atoms with van der Waals surface area (Å²) in [5, 5.41) is 17.4. The molecule has 1 aromatic heterocycles. The Morgan fingerprint density at radius 2 is 2.10 bits per heavy atom. The molecule has 1 atom stereocenters. The summed E-state index contributed by atoms with van der Waals surface area (Å²) >= 11 is 1.49. The van der Waals surface area contributed by atoms with Gasteiger partial charge < -0.3 is 10.4 Å². The third-order valence-corrected chi connectivity index (χ3v) is 3.56. The smallest absolute Gasteiger partial charge is 0.326 e. The van der Waals surface area contributed by atoms with Crippen molar-refractivity contribution in [1.82, 2.24) is 15.5 Å². The summed E-state index contributed by atoms with van der Waals surface area (Å²) in [6.45, 7) is 3.26. The highest BCUT2D eigenvalue weighted by molar-refractivity contribution is 7.98. The van der Waals surface area contributed by atoms with Crippen molar-refractivity contribution < 1.29 is 14.7 Å². The Morgan fingerprint density at radius 3 is 2.65 bits per heavy atom. The summed E-state index contributed by atoms with van der Waals surface area (Å²) < 4.78 is 0. The van der Waals surface area contributed by atoms with Crippen LogP contribution in [0.1, 0.15) is 28.0 Å². The fraction of sp³-hybridized carbons (Fsp3) is 0.500. The first kappa shape index (κ1) is 16.2. The topological polar surface area (TPSA) is 112 Å². The number of thioether (sulfide) groups is 1. The molecule has 0 saturated carbocycles. The maximum absolute atomic E-state index is 12.1. The van der Waals surface area contributed by atoms with Crippen LogP contribution < -0.4 is 10.9 Å². The number of carbonyl (C=O) groups is 2. The molecule has 0 aliphatic rings. The Bertz CT molecular complexity index is 570. The average Bonchev–Trinajstić information content (AvgIpc) is 2.39. The van der Waals surface area contributed by atoms with Gasteiger partial charge in [-0.3, -0.25) is 9.59 Å². The summed E-state index contributed by atoms with van der Waals surface area (Å²) in [6, 6.07) is -1.01. The molecule has 0 aliphatic carbocycles. The first-order chi connectivity index (χ1) is 9.38. The van der Waals surface area contributed by atoms with Crippen LogP contribution in [-0.2, 0) is 4.79 Å². The highest BCUT2D eigenvalue weighted by atomic mass is 32.2. The lowest BCUT2D eigenvalue weighted by molar-refractivity contribution is -0.139. The molecule has 1 heterocycles. The van der Waals surface area contributed by atoms with E-state index in [2.05, 4.69) is 15.5 Å². The zero-order valence-electron chi connectivity index (χ0n) is 11.5. The molecule has 7 nitrogen and oxygen atoms in total. The largest absolute Gasteiger partial charge is 0.480 e. The van der Waals surface area contributed by atoms with Crippen molar-refractivity contribution in [3.05, 3.63) is 27.2 Å². The van der Waals surface area contributed by atoms with Gasteiger partial charge in [0.15, 0.2) is 0 Å². The number of nitrogens with zero attached hydrogens (tertiary/aromatic N) is 1. The summed E-state index contributed by atoms with van der Waals surface area (Å²) in [4.78, 5) is 34.8. The Kier molecular flexibility index (Phi) is 5.75. The molecule has 1 amide bonds. The van der Waals surface area contributed by atoms with E-state index in [1.807, 2.05) is 6.26 Å². The number of amides is 1. The predicted molar refractivity (Wildman–Crippen MR) is 76.2 cm³/mol. The molecule has 0 saturated heterocycles. The lowest BCUT2D eigenvalue weighted by Gasteiger charge is -2.14. The summed E-state index contributed by atoms with van der Waals surface area (Å²) in [7, 11) is 0. The van der Waals surface area contributed by atoms with Crippen molar-refractivity contribution in [2.75, 3.05) is 12.0 Å². The number of aliphatic carboxylic acids is 1. The second kappa shape index (κ2) is 7.09. The molecular formula is C12H17N3O4S. The van der Waals surface area contributed by atoms with E-state index in [0.717, 1.165) is 0 Å². The van der Waals surface area contributed by atoms with Gasteiger partial charge in [-0.2, -0.15) is 16.9 Å². The van der Waals surface area contributed by atoms with E-state index in [-0.39, 0.29) is 5.56 Å². The molecule has 3 N–H and O–H groups in total. The highest BCUT2D eigenvalue weighted by Crippen LogP contribution is 2.07. The molecule has 0 bridgehead atoms. The number of carbonyl (C=O) groups excluding carboxylic acids is 1. The third kappa shape index (κ3) is 3.83. The molecule has 0 aliphatic heterocycles. The molecular weight excluding hydrogens is 282 g/mol. The van der Waals surface area contributed by atoms with E-state index in [1.165, 1.54) is 11.8 Å². The second-order valence-electron chi connectivity index (χ2n) is 4.28. The number of aromatic nitrogens is 2. The van der Waals surface area contributed by atoms with Crippen LogP contribution in [-0.4, -0.2) is 45.2 Å². The van der Waals surface area contributed by atoms with E-state index < -0.39 is 23.5 Å². The van der Waals surface area contributed by atoms with Gasteiger partial charge in [0.05, 0.1) is 5.69 Å². The molecule has 0 spiro atoms. The van der Waals surface area contributed by atoms with Gasteiger partial charge in [0.25, 0.3) is 11.5 Å². The van der Waals surface area contributed by atoms with Gasteiger partial charge in [-0.05, 0) is 37.8 Å². The number of hydrogen-bond acceptors (Lipinski definition) is 5. The van der Waals surface area contributed by atoms with E-state index >= 15 is 0 Å². The molecule has 0 fully saturated rings. The van der Waals surface area contributed by atoms with Gasteiger partial charge >= 0.3 is 5.97 Å². The van der Waals surface area contributed by atoms with Crippen molar-refractivity contribution in [2.24, 2.45) is 0 Å². The maximum atomic E-state index is 12.1. The number of rotatable bonds is 6. The van der Waals surface area contributed by atoms with E-state index in [9.17, 15) is 14.4 Å². The number of hydrogen-bond donors (Lipinski definition) is 3. The minimum atomic E-state index is -1.12. The average molecular weight is 299 g/mol. The Balaban J connectivity index is 2.98. The summed E-state index contributed by atoms with van der Waals surface area (Å²) in [6.07, 6.45) is 2.14. The first-order valence-electron chi connectivity index (χ1n) is 5.97. The lowest BCUT2D eigenvalue weighted by atomic mass is 10.1. The van der Waals surface area contributed by atoms with Crippen LogP contribution >= 0.6 is 11.8 Å². The van der Waals surface area contributed by atoms with Crippen molar-refractivity contribution in [3.8, 4) is 0 Å². The van der Waals surface area contributed by atoms with Crippen LogP contribution in [0.25, 0.3) is 0 Å². The monoisotopic (exact) mass is 299 g/mol. The van der Waals surface area contributed by atoms with Gasteiger partial charge in [0.1, 0.15) is 11.6 Å². The van der Waals surface area contributed by atoms with Gasteiger partial charge in [0, 0.05) is 0 Å². The van der Waals surface area contributed by atoms with Crippen molar-refractivity contribution in [2.45, 2.75) is 26.3 Å². The Labute approximate surface area is 120 Å². The van der Waals surface area contributed by atoms with Gasteiger partial charge in [-0.1, -0.05) is 0 Å². The highest BCUT2D eigenvalue weighted by Gasteiger charge is 2.23. The quantitative estimate of drug-likeness (QED) is 0.697. The third-order valence-electron chi connectivity index (χ3n) is 2.91. The number of nitrogens with one attached hydrogen (secondary N) is 2. The Morgan fingerprint density at radius 1 is 1.45 bits per heavy atom. The minimum absolute atomic E-state index is 0.0899. The minimum Gasteiger partial charge on any atom is -0.480 e. The van der Waals surface area contributed by atoms with E-state index in [4.69, 9.17) is 5.11 Å². The van der Waals surface area contributed by atoms with Gasteiger partial charge in [-0.25, -0.2) is 9.89 Å². The number of carboxylic acids is 1. The fourth-order valence-electron chi connectivity index (χ4n) is 1.62. The van der Waals surface area contributed by atoms with E-state index in [1.54, 1.807) is 13.8 Å². The Hall–Kier alpha value is -1.83. The predicted octanol–water partition coefficient (Wildman–Crippen LogP) is 0.323. The van der Waals surface area contributed by atoms with Crippen LogP contribution in [0.4, 0.5) is 0 Å².